The van der Waals surface area contributed by atoms with Crippen molar-refractivity contribution in [3.63, 3.8) is 0 Å². The van der Waals surface area contributed by atoms with E-state index >= 15 is 0 Å². The molecule has 0 spiro atoms. The Morgan fingerprint density at radius 3 is 2.92 bits per heavy atom. The van der Waals surface area contributed by atoms with Crippen molar-refractivity contribution in [2.45, 2.75) is 0 Å². The molecule has 0 atom stereocenters. The Kier molecular flexibility index (Phi) is 1.42. The second kappa shape index (κ2) is 2.44. The average molecular weight is 177 g/mol. The van der Waals surface area contributed by atoms with Crippen molar-refractivity contribution in [1.82, 2.24) is 15.0 Å². The molecule has 2 heterocycles. The van der Waals surface area contributed by atoms with Crippen molar-refractivity contribution in [3.8, 4) is 0 Å². The lowest BCUT2D eigenvalue weighted by Crippen LogP contribution is -2.13. The van der Waals surface area contributed by atoms with Crippen LogP contribution in [0.25, 0.3) is 11.0 Å². The van der Waals surface area contributed by atoms with Gasteiger partial charge in [0, 0.05) is 0 Å². The molecule has 0 amide bonds. The van der Waals surface area contributed by atoms with Gasteiger partial charge in [-0.3, -0.25) is 4.98 Å². The van der Waals surface area contributed by atoms with Crippen molar-refractivity contribution < 1.29 is 0 Å². The molecule has 0 bridgehead atoms. The summed E-state index contributed by atoms with van der Waals surface area (Å²) in [6.45, 7) is 0. The van der Waals surface area contributed by atoms with Gasteiger partial charge in [0.05, 0.1) is 17.3 Å². The van der Waals surface area contributed by atoms with E-state index in [0.29, 0.717) is 16.7 Å². The van der Waals surface area contributed by atoms with Crippen molar-refractivity contribution in [2.24, 2.45) is 0 Å². The van der Waals surface area contributed by atoms with Crippen LogP contribution in [0.4, 0.5) is 11.5 Å². The van der Waals surface area contributed by atoms with Crippen molar-refractivity contribution in [3.05, 3.63) is 22.7 Å². The Morgan fingerprint density at radius 2 is 2.15 bits per heavy atom. The van der Waals surface area contributed by atoms with Crippen molar-refractivity contribution in [2.75, 3.05) is 11.5 Å². The fourth-order valence-electron chi connectivity index (χ4n) is 1.07. The fraction of sp³-hybridized carbons (Fsp3) is 0. The maximum absolute atomic E-state index is 10.9. The van der Waals surface area contributed by atoms with Gasteiger partial charge in [0.2, 0.25) is 0 Å². The van der Waals surface area contributed by atoms with Gasteiger partial charge in [0.25, 0.3) is 0 Å². The van der Waals surface area contributed by atoms with Crippen molar-refractivity contribution in [1.29, 1.82) is 0 Å². The van der Waals surface area contributed by atoms with Gasteiger partial charge in [-0.1, -0.05) is 0 Å². The highest BCUT2D eigenvalue weighted by Gasteiger charge is 2.02. The molecular formula is C7H7N5O. The summed E-state index contributed by atoms with van der Waals surface area (Å²) >= 11 is 0. The van der Waals surface area contributed by atoms with E-state index in [9.17, 15) is 4.79 Å². The molecule has 0 aromatic carbocycles. The van der Waals surface area contributed by atoms with Crippen LogP contribution in [-0.4, -0.2) is 15.0 Å². The molecule has 0 aliphatic rings. The number of nitrogens with one attached hydrogen (secondary N) is 1. The first-order valence-electron chi connectivity index (χ1n) is 3.58. The number of hydrogen-bond donors (Lipinski definition) is 3. The zero-order valence-electron chi connectivity index (χ0n) is 6.61. The Hall–Kier alpha value is -2.11. The molecule has 0 radical (unpaired) electrons. The van der Waals surface area contributed by atoms with Crippen LogP contribution in [0.1, 0.15) is 0 Å². The summed E-state index contributed by atoms with van der Waals surface area (Å²) in [5, 5.41) is 0.555. The number of anilines is 2. The van der Waals surface area contributed by atoms with E-state index in [0.717, 1.165) is 0 Å². The molecule has 0 aliphatic carbocycles. The molecule has 66 valence electrons. The van der Waals surface area contributed by atoms with Gasteiger partial charge < -0.3 is 11.5 Å². The maximum atomic E-state index is 10.9. The van der Waals surface area contributed by atoms with Crippen LogP contribution in [0.5, 0.6) is 0 Å². The molecule has 6 heteroatoms. The molecule has 0 saturated carbocycles. The van der Waals surface area contributed by atoms with Gasteiger partial charge in [-0.25, -0.2) is 9.78 Å². The third-order valence-corrected chi connectivity index (χ3v) is 1.63. The van der Waals surface area contributed by atoms with E-state index in [-0.39, 0.29) is 5.82 Å². The molecule has 0 fully saturated rings. The number of aromatic amines is 1. The first-order chi connectivity index (χ1) is 6.16. The smallest absolute Gasteiger partial charge is 0.348 e. The average Bonchev–Trinajstić information content (AvgIpc) is 2.06. The minimum atomic E-state index is -0.512. The first kappa shape index (κ1) is 7.53. The van der Waals surface area contributed by atoms with Crippen LogP contribution in [0.3, 0.4) is 0 Å². The summed E-state index contributed by atoms with van der Waals surface area (Å²) in [5.74, 6) is 0.231. The molecule has 0 aliphatic heterocycles. The Morgan fingerprint density at radius 1 is 1.38 bits per heavy atom. The number of rotatable bonds is 0. The molecule has 0 unspecified atom stereocenters. The predicted octanol–water partition coefficient (Wildman–Crippen LogP) is -0.518. The number of fused-ring (bicyclic) bond motifs is 1. The number of nitrogens with two attached hydrogens (primary N) is 2. The summed E-state index contributed by atoms with van der Waals surface area (Å²) < 4.78 is 0. The highest BCUT2D eigenvalue weighted by atomic mass is 16.1. The Bertz CT molecular complexity index is 518. The molecule has 0 saturated heterocycles. The molecule has 2 aromatic rings. The van der Waals surface area contributed by atoms with Gasteiger partial charge in [0.15, 0.2) is 5.65 Å². The summed E-state index contributed by atoms with van der Waals surface area (Å²) in [7, 11) is 0. The number of aromatic nitrogens is 3. The Balaban J connectivity index is 2.95. The van der Waals surface area contributed by atoms with E-state index in [1.807, 2.05) is 0 Å². The van der Waals surface area contributed by atoms with Crippen LogP contribution in [0, 0.1) is 0 Å². The number of hydrogen-bond acceptors (Lipinski definition) is 5. The monoisotopic (exact) mass is 177 g/mol. The molecule has 6 nitrogen and oxygen atoms in total. The highest BCUT2D eigenvalue weighted by Crippen LogP contribution is 2.14. The van der Waals surface area contributed by atoms with E-state index < -0.39 is 5.69 Å². The fourth-order valence-corrected chi connectivity index (χ4v) is 1.07. The summed E-state index contributed by atoms with van der Waals surface area (Å²) in [6, 6.07) is 1.61. The predicted molar refractivity (Wildman–Crippen MR) is 49.0 cm³/mol. The zero-order valence-corrected chi connectivity index (χ0v) is 6.61. The normalized spacial score (nSPS) is 10.5. The van der Waals surface area contributed by atoms with Crippen molar-refractivity contribution >= 4 is 22.5 Å². The SMILES string of the molecule is Nc1cnc2nc(=O)[nH]c(N)c2c1. The van der Waals surface area contributed by atoms with E-state index in [1.54, 1.807) is 6.07 Å². The number of pyridine rings is 1. The molecule has 5 N–H and O–H groups in total. The first-order valence-corrected chi connectivity index (χ1v) is 3.58. The van der Waals surface area contributed by atoms with E-state index in [1.165, 1.54) is 6.20 Å². The largest absolute Gasteiger partial charge is 0.397 e. The number of nitrogens with zero attached hydrogens (tertiary/aromatic N) is 2. The minimum Gasteiger partial charge on any atom is -0.397 e. The second-order valence-electron chi connectivity index (χ2n) is 2.60. The third kappa shape index (κ3) is 1.18. The van der Waals surface area contributed by atoms with Crippen LogP contribution >= 0.6 is 0 Å². The van der Waals surface area contributed by atoms with Gasteiger partial charge in [-0.05, 0) is 6.07 Å². The van der Waals surface area contributed by atoms with Gasteiger partial charge in [-0.2, -0.15) is 4.98 Å². The molecule has 13 heavy (non-hydrogen) atoms. The molecule has 2 aromatic heterocycles. The second-order valence-corrected chi connectivity index (χ2v) is 2.60. The van der Waals surface area contributed by atoms with E-state index in [2.05, 4.69) is 15.0 Å². The van der Waals surface area contributed by atoms with Gasteiger partial charge in [0.1, 0.15) is 5.82 Å². The minimum absolute atomic E-state index is 0.231. The number of H-pyrrole nitrogens is 1. The lowest BCUT2D eigenvalue weighted by molar-refractivity contribution is 1.10. The Labute approximate surface area is 72.6 Å². The van der Waals surface area contributed by atoms with Crippen LogP contribution in [0.2, 0.25) is 0 Å². The molecular weight excluding hydrogens is 170 g/mol. The summed E-state index contributed by atoms with van der Waals surface area (Å²) in [4.78, 5) is 20.7. The zero-order chi connectivity index (χ0) is 9.42. The highest BCUT2D eigenvalue weighted by molar-refractivity contribution is 5.86. The third-order valence-electron chi connectivity index (χ3n) is 1.63. The standard InChI is InChI=1S/C7H7N5O/c8-3-1-4-5(9)11-7(13)12-6(4)10-2-3/h1-2H,8H2,(H3,9,10,11,12,13). The number of nitrogen functional groups attached to an aromatic ring is 2. The van der Waals surface area contributed by atoms with Gasteiger partial charge in [-0.15, -0.1) is 0 Å². The van der Waals surface area contributed by atoms with E-state index in [4.69, 9.17) is 11.5 Å². The van der Waals surface area contributed by atoms with Crippen LogP contribution in [0.15, 0.2) is 17.1 Å². The van der Waals surface area contributed by atoms with Gasteiger partial charge >= 0.3 is 5.69 Å². The summed E-state index contributed by atoms with van der Waals surface area (Å²) in [5.41, 5.74) is 11.3. The summed E-state index contributed by atoms with van der Waals surface area (Å²) in [6.07, 6.45) is 1.42. The quantitative estimate of drug-likeness (QED) is 0.501. The lowest BCUT2D eigenvalue weighted by atomic mass is 10.3. The molecule has 2 rings (SSSR count). The lowest BCUT2D eigenvalue weighted by Gasteiger charge is -1.99. The topological polar surface area (TPSA) is 111 Å². The maximum Gasteiger partial charge on any atom is 0.348 e. The van der Waals surface area contributed by atoms with Crippen LogP contribution < -0.4 is 17.2 Å². The van der Waals surface area contributed by atoms with Crippen LogP contribution in [-0.2, 0) is 0 Å².